The average molecular weight is 284 g/mol. The fraction of sp³-hybridized carbons (Fsp3) is 0.471. The normalized spacial score (nSPS) is 25.3. The number of aryl methyl sites for hydroxylation is 1. The van der Waals surface area contributed by atoms with Gasteiger partial charge in [0.15, 0.2) is 0 Å². The van der Waals surface area contributed by atoms with Crippen molar-refractivity contribution >= 4 is 11.4 Å². The highest BCUT2D eigenvalue weighted by Gasteiger charge is 2.38. The van der Waals surface area contributed by atoms with Crippen LogP contribution < -0.4 is 0 Å². The quantitative estimate of drug-likeness (QED) is 0.806. The van der Waals surface area contributed by atoms with E-state index in [4.69, 9.17) is 4.74 Å². The van der Waals surface area contributed by atoms with Crippen molar-refractivity contribution in [2.75, 3.05) is 13.2 Å². The minimum absolute atomic E-state index is 0.151. The number of amides is 1. The first kappa shape index (κ1) is 12.9. The summed E-state index contributed by atoms with van der Waals surface area (Å²) in [4.78, 5) is 14.9. The number of aromatic nitrogens is 1. The molecule has 0 bridgehead atoms. The Kier molecular flexibility index (Phi) is 3.00. The topological polar surface area (TPSA) is 34.0 Å². The van der Waals surface area contributed by atoms with Crippen LogP contribution in [-0.2, 0) is 4.74 Å². The molecule has 2 atom stereocenters. The lowest BCUT2D eigenvalue weighted by molar-refractivity contribution is -0.0445. The molecular formula is C17H20N2O2. The molecule has 1 aliphatic heterocycles. The molecule has 0 radical (unpaired) electrons. The number of nitrogens with zero attached hydrogens (tertiary/aromatic N) is 2. The Labute approximate surface area is 124 Å². The van der Waals surface area contributed by atoms with Crippen molar-refractivity contribution in [3.63, 3.8) is 0 Å². The van der Waals surface area contributed by atoms with Crippen molar-refractivity contribution in [2.45, 2.75) is 38.3 Å². The summed E-state index contributed by atoms with van der Waals surface area (Å²) in [6.45, 7) is 3.45. The minimum atomic E-state index is 0.151. The average Bonchev–Trinajstić information content (AvgIpc) is 3.13. The summed E-state index contributed by atoms with van der Waals surface area (Å²) in [7, 11) is 0. The molecule has 1 saturated heterocycles. The van der Waals surface area contributed by atoms with Gasteiger partial charge in [-0.3, -0.25) is 4.79 Å². The molecule has 4 rings (SSSR count). The number of hydrogen-bond donors (Lipinski definition) is 0. The summed E-state index contributed by atoms with van der Waals surface area (Å²) in [5.41, 5.74) is 3.09. The monoisotopic (exact) mass is 284 g/mol. The van der Waals surface area contributed by atoms with Crippen molar-refractivity contribution in [2.24, 2.45) is 0 Å². The smallest absolute Gasteiger partial charge is 0.255 e. The molecule has 2 aromatic heterocycles. The van der Waals surface area contributed by atoms with Gasteiger partial charge in [-0.15, -0.1) is 0 Å². The molecule has 3 heterocycles. The first-order valence-corrected chi connectivity index (χ1v) is 7.74. The first-order valence-electron chi connectivity index (χ1n) is 7.74. The van der Waals surface area contributed by atoms with Crippen LogP contribution >= 0.6 is 0 Å². The van der Waals surface area contributed by atoms with Crippen molar-refractivity contribution in [1.82, 2.24) is 9.30 Å². The summed E-state index contributed by atoms with van der Waals surface area (Å²) in [5.74, 6) is 0.151. The molecule has 1 amide bonds. The molecule has 110 valence electrons. The summed E-state index contributed by atoms with van der Waals surface area (Å²) in [6, 6.07) is 6.37. The lowest BCUT2D eigenvalue weighted by Crippen LogP contribution is -2.51. The second-order valence-electron chi connectivity index (χ2n) is 6.12. The molecule has 4 heteroatoms. The van der Waals surface area contributed by atoms with E-state index in [1.807, 2.05) is 33.8 Å². The largest absolute Gasteiger partial charge is 0.374 e. The van der Waals surface area contributed by atoms with Gasteiger partial charge < -0.3 is 14.0 Å². The maximum Gasteiger partial charge on any atom is 0.255 e. The summed E-state index contributed by atoms with van der Waals surface area (Å²) in [5, 5.41) is 0. The van der Waals surface area contributed by atoms with Crippen LogP contribution in [0.5, 0.6) is 0 Å². The molecule has 4 nitrogen and oxygen atoms in total. The lowest BCUT2D eigenvalue weighted by Gasteiger charge is -2.37. The van der Waals surface area contributed by atoms with Crippen molar-refractivity contribution < 1.29 is 9.53 Å². The van der Waals surface area contributed by atoms with Crippen LogP contribution in [0, 0.1) is 6.92 Å². The van der Waals surface area contributed by atoms with Crippen LogP contribution in [-0.4, -0.2) is 40.5 Å². The van der Waals surface area contributed by atoms with Gasteiger partial charge in [-0.05, 0) is 43.9 Å². The predicted octanol–water partition coefficient (Wildman–Crippen LogP) is 2.64. The highest BCUT2D eigenvalue weighted by atomic mass is 16.5. The Balaban J connectivity index is 1.67. The summed E-state index contributed by atoms with van der Waals surface area (Å²) >= 11 is 0. The predicted molar refractivity (Wildman–Crippen MR) is 80.5 cm³/mol. The van der Waals surface area contributed by atoms with Crippen molar-refractivity contribution in [3.05, 3.63) is 41.7 Å². The third kappa shape index (κ3) is 2.05. The fourth-order valence-electron chi connectivity index (χ4n) is 3.75. The van der Waals surface area contributed by atoms with Gasteiger partial charge in [0.2, 0.25) is 0 Å². The number of ether oxygens (including phenoxy) is 1. The molecule has 1 saturated carbocycles. The number of carbonyl (C=O) groups excluding carboxylic acids is 1. The van der Waals surface area contributed by atoms with Crippen molar-refractivity contribution in [3.8, 4) is 0 Å². The maximum absolute atomic E-state index is 12.9. The Morgan fingerprint density at radius 3 is 3.14 bits per heavy atom. The van der Waals surface area contributed by atoms with E-state index in [1.54, 1.807) is 0 Å². The van der Waals surface area contributed by atoms with Gasteiger partial charge >= 0.3 is 0 Å². The molecule has 1 aliphatic carbocycles. The second-order valence-corrected chi connectivity index (χ2v) is 6.12. The van der Waals surface area contributed by atoms with E-state index >= 15 is 0 Å². The number of carbonyl (C=O) groups is 1. The van der Waals surface area contributed by atoms with Crippen LogP contribution in [0.4, 0.5) is 0 Å². The summed E-state index contributed by atoms with van der Waals surface area (Å²) < 4.78 is 7.83. The molecule has 2 fully saturated rings. The van der Waals surface area contributed by atoms with Gasteiger partial charge in [0.25, 0.3) is 5.91 Å². The van der Waals surface area contributed by atoms with E-state index in [9.17, 15) is 4.79 Å². The Bertz CT molecular complexity index is 691. The molecular weight excluding hydrogens is 264 g/mol. The highest BCUT2D eigenvalue weighted by Crippen LogP contribution is 2.31. The van der Waals surface area contributed by atoms with Gasteiger partial charge in [-0.2, -0.15) is 0 Å². The Hall–Kier alpha value is -1.81. The molecule has 21 heavy (non-hydrogen) atoms. The number of fused-ring (bicyclic) bond motifs is 2. The van der Waals surface area contributed by atoms with Crippen LogP contribution in [0.2, 0.25) is 0 Å². The zero-order valence-electron chi connectivity index (χ0n) is 12.3. The maximum atomic E-state index is 12.9. The molecule has 2 aliphatic rings. The van der Waals surface area contributed by atoms with Crippen molar-refractivity contribution in [1.29, 1.82) is 0 Å². The van der Waals surface area contributed by atoms with Gasteiger partial charge in [0.1, 0.15) is 0 Å². The van der Waals surface area contributed by atoms with E-state index in [0.717, 1.165) is 30.3 Å². The Morgan fingerprint density at radius 2 is 2.29 bits per heavy atom. The van der Waals surface area contributed by atoms with E-state index in [1.165, 1.54) is 5.56 Å². The number of morpholine rings is 1. The fourth-order valence-corrected chi connectivity index (χ4v) is 3.75. The third-order valence-electron chi connectivity index (χ3n) is 4.84. The van der Waals surface area contributed by atoms with Gasteiger partial charge in [-0.1, -0.05) is 6.07 Å². The van der Waals surface area contributed by atoms with E-state index in [0.29, 0.717) is 13.2 Å². The molecule has 0 aromatic carbocycles. The lowest BCUT2D eigenvalue weighted by atomic mass is 10.1. The van der Waals surface area contributed by atoms with E-state index in [-0.39, 0.29) is 18.1 Å². The second kappa shape index (κ2) is 4.88. The van der Waals surface area contributed by atoms with Gasteiger partial charge in [-0.25, -0.2) is 0 Å². The van der Waals surface area contributed by atoms with Crippen LogP contribution in [0.3, 0.4) is 0 Å². The highest BCUT2D eigenvalue weighted by molar-refractivity contribution is 5.96. The zero-order valence-corrected chi connectivity index (χ0v) is 12.3. The number of hydrogen-bond acceptors (Lipinski definition) is 2. The third-order valence-corrected chi connectivity index (χ3v) is 4.84. The minimum Gasteiger partial charge on any atom is -0.374 e. The SMILES string of the molecule is Cc1cccn2cc(C(=O)N3CCO[C@@H]4CCC[C@@H]43)cc12. The first-order chi connectivity index (χ1) is 10.2. The number of rotatable bonds is 1. The standard InChI is InChI=1S/C17H20N2O2/c1-12-4-3-7-18-11-13(10-15(12)18)17(20)19-8-9-21-16-6-2-5-14(16)19/h3-4,7,10-11,14,16H,2,5-6,8-9H2,1H3/t14-,16+/m0/s1. The Morgan fingerprint density at radius 1 is 1.38 bits per heavy atom. The van der Waals surface area contributed by atoms with Crippen LogP contribution in [0.25, 0.3) is 5.52 Å². The van der Waals surface area contributed by atoms with Gasteiger partial charge in [0, 0.05) is 24.5 Å². The van der Waals surface area contributed by atoms with E-state index in [2.05, 4.69) is 13.0 Å². The zero-order chi connectivity index (χ0) is 14.4. The summed E-state index contributed by atoms with van der Waals surface area (Å²) in [6.07, 6.45) is 7.52. The van der Waals surface area contributed by atoms with Gasteiger partial charge in [0.05, 0.1) is 24.3 Å². The van der Waals surface area contributed by atoms with Crippen LogP contribution in [0.15, 0.2) is 30.6 Å². The molecule has 0 spiro atoms. The molecule has 2 aromatic rings. The molecule has 0 unspecified atom stereocenters. The molecule has 0 N–H and O–H groups in total. The van der Waals surface area contributed by atoms with Crippen LogP contribution in [0.1, 0.15) is 35.2 Å². The number of pyridine rings is 1. The van der Waals surface area contributed by atoms with E-state index < -0.39 is 0 Å².